The lowest BCUT2D eigenvalue weighted by Crippen LogP contribution is -2.14. The molecule has 0 aromatic carbocycles. The van der Waals surface area contributed by atoms with Gasteiger partial charge in [-0.05, 0) is 0 Å². The van der Waals surface area contributed by atoms with E-state index in [-0.39, 0.29) is 0 Å². The molecule has 0 rings (SSSR count). The van der Waals surface area contributed by atoms with Crippen molar-refractivity contribution in [2.75, 3.05) is 24.6 Å². The molecule has 0 aliphatic heterocycles. The first kappa shape index (κ1) is 17.2. The third kappa shape index (κ3) is 6.64. The van der Waals surface area contributed by atoms with Gasteiger partial charge in [0.25, 0.3) is 0 Å². The summed E-state index contributed by atoms with van der Waals surface area (Å²) in [6, 6.07) is 0. The molecule has 0 amide bonds. The molecule has 0 radical (unpaired) electrons. The Morgan fingerprint density at radius 2 is 0.941 bits per heavy atom. The van der Waals surface area contributed by atoms with Gasteiger partial charge in [0.05, 0.1) is 0 Å². The summed E-state index contributed by atoms with van der Waals surface area (Å²) in [6.07, 6.45) is 7.31. The fraction of sp³-hybridized carbons (Fsp3) is 0.333. The maximum Gasteiger partial charge on any atom is 0.0236 e. The van der Waals surface area contributed by atoms with E-state index in [2.05, 4.69) is 31.2 Å². The van der Waals surface area contributed by atoms with Gasteiger partial charge in [-0.3, -0.25) is 4.86 Å². The minimum absolute atomic E-state index is 0.807. The topological polar surface area (TPSA) is 12.0 Å². The van der Waals surface area contributed by atoms with Crippen molar-refractivity contribution in [1.29, 1.82) is 0 Å². The van der Waals surface area contributed by atoms with Crippen LogP contribution in [0, 0.1) is 0 Å². The molecule has 0 aliphatic rings. The molecule has 0 heterocycles. The summed E-state index contributed by atoms with van der Waals surface area (Å²) < 4.78 is 0. The Morgan fingerprint density at radius 1 is 0.706 bits per heavy atom. The SMILES string of the molecule is C=CCP(=S)(CC=C)NP(=S)(CC=C)CC=C. The normalized spacial score (nSPS) is 11.8. The van der Waals surface area contributed by atoms with E-state index >= 15 is 0 Å². The number of hydrogen-bond donors (Lipinski definition) is 1. The van der Waals surface area contributed by atoms with Gasteiger partial charge in [0.15, 0.2) is 0 Å². The third-order valence-corrected chi connectivity index (χ3v) is 11.6. The average molecular weight is 305 g/mol. The number of hydrogen-bond acceptors (Lipinski definition) is 2. The minimum Gasteiger partial charge on any atom is -0.258 e. The second kappa shape index (κ2) is 8.34. The van der Waals surface area contributed by atoms with E-state index < -0.39 is 12.4 Å². The van der Waals surface area contributed by atoms with Gasteiger partial charge < -0.3 is 0 Å². The van der Waals surface area contributed by atoms with Gasteiger partial charge >= 0.3 is 0 Å². The van der Waals surface area contributed by atoms with Crippen LogP contribution in [0.2, 0.25) is 0 Å². The summed E-state index contributed by atoms with van der Waals surface area (Å²) in [5.41, 5.74) is 0. The van der Waals surface area contributed by atoms with E-state index in [1.165, 1.54) is 0 Å². The molecular weight excluding hydrogens is 284 g/mol. The van der Waals surface area contributed by atoms with Crippen LogP contribution in [-0.2, 0) is 23.6 Å². The third-order valence-electron chi connectivity index (χ3n) is 2.06. The number of nitrogens with one attached hydrogen (secondary N) is 1. The lowest BCUT2D eigenvalue weighted by Gasteiger charge is -2.29. The van der Waals surface area contributed by atoms with Crippen molar-refractivity contribution in [1.82, 2.24) is 4.86 Å². The van der Waals surface area contributed by atoms with Crippen molar-refractivity contribution in [3.8, 4) is 0 Å². The van der Waals surface area contributed by atoms with Crippen LogP contribution in [-0.4, -0.2) is 24.6 Å². The van der Waals surface area contributed by atoms with Crippen molar-refractivity contribution in [3.63, 3.8) is 0 Å². The Kier molecular flexibility index (Phi) is 8.45. The predicted octanol–water partition coefficient (Wildman–Crippen LogP) is 4.11. The molecule has 96 valence electrons. The van der Waals surface area contributed by atoms with Gasteiger partial charge in [0, 0.05) is 37.0 Å². The molecule has 0 saturated carbocycles. The Labute approximate surface area is 116 Å². The van der Waals surface area contributed by atoms with Crippen molar-refractivity contribution in [3.05, 3.63) is 50.6 Å². The van der Waals surface area contributed by atoms with Crippen LogP contribution >= 0.6 is 12.4 Å². The van der Waals surface area contributed by atoms with E-state index in [4.69, 9.17) is 23.6 Å². The summed E-state index contributed by atoms with van der Waals surface area (Å²) in [7, 11) is 0. The van der Waals surface area contributed by atoms with Crippen LogP contribution in [0.4, 0.5) is 0 Å². The summed E-state index contributed by atoms with van der Waals surface area (Å²) in [5.74, 6) is 0. The molecule has 0 bridgehead atoms. The van der Waals surface area contributed by atoms with E-state index in [0.717, 1.165) is 24.6 Å². The van der Waals surface area contributed by atoms with Crippen LogP contribution in [0.1, 0.15) is 0 Å². The molecule has 1 N–H and O–H groups in total. The van der Waals surface area contributed by atoms with Gasteiger partial charge in [0.1, 0.15) is 0 Å². The summed E-state index contributed by atoms with van der Waals surface area (Å²) in [5, 5.41) is 0. The Hall–Kier alpha value is 0.220. The summed E-state index contributed by atoms with van der Waals surface area (Å²) >= 11 is 11.5. The van der Waals surface area contributed by atoms with E-state index in [1.807, 2.05) is 24.3 Å². The summed E-state index contributed by atoms with van der Waals surface area (Å²) in [6.45, 7) is 15.1. The van der Waals surface area contributed by atoms with Crippen LogP contribution in [0.5, 0.6) is 0 Å². The predicted molar refractivity (Wildman–Crippen MR) is 92.0 cm³/mol. The molecule has 0 aromatic rings. The molecule has 17 heavy (non-hydrogen) atoms. The average Bonchev–Trinajstić information content (AvgIpc) is 2.17. The zero-order valence-corrected chi connectivity index (χ0v) is 13.6. The minimum atomic E-state index is -1.70. The highest BCUT2D eigenvalue weighted by molar-refractivity contribution is 8.22. The molecule has 1 nitrogen and oxygen atoms in total. The molecule has 0 aromatic heterocycles. The van der Waals surface area contributed by atoms with E-state index in [1.54, 1.807) is 0 Å². The standard InChI is InChI=1S/C12H21NP2S2/c1-5-9-14(16,10-6-2)13-15(17,11-7-3)12-8-4/h5-8H,1-4,9-12H2,(H,13,16,17). The zero-order valence-electron chi connectivity index (χ0n) is 10.2. The van der Waals surface area contributed by atoms with Gasteiger partial charge in [0.2, 0.25) is 0 Å². The Bertz CT molecular complexity index is 324. The van der Waals surface area contributed by atoms with Crippen molar-refractivity contribution < 1.29 is 0 Å². The second-order valence-corrected chi connectivity index (χ2v) is 13.8. The highest BCUT2D eigenvalue weighted by Gasteiger charge is 2.22. The lowest BCUT2D eigenvalue weighted by molar-refractivity contribution is 1.45. The maximum atomic E-state index is 5.73. The number of rotatable bonds is 10. The molecule has 0 saturated heterocycles. The fourth-order valence-corrected chi connectivity index (χ4v) is 12.0. The van der Waals surface area contributed by atoms with Crippen molar-refractivity contribution in [2.24, 2.45) is 0 Å². The molecule has 0 unspecified atom stereocenters. The first-order valence-corrected chi connectivity index (χ1v) is 11.7. The molecule has 0 fully saturated rings. The first-order chi connectivity index (χ1) is 7.95. The van der Waals surface area contributed by atoms with Gasteiger partial charge in [-0.2, -0.15) is 0 Å². The zero-order chi connectivity index (χ0) is 13.4. The van der Waals surface area contributed by atoms with Crippen molar-refractivity contribution in [2.45, 2.75) is 0 Å². The number of allylic oxidation sites excluding steroid dienone is 4. The Balaban J connectivity index is 5.03. The smallest absolute Gasteiger partial charge is 0.0236 e. The first-order valence-electron chi connectivity index (χ1n) is 5.34. The van der Waals surface area contributed by atoms with Gasteiger partial charge in [-0.25, -0.2) is 0 Å². The largest absolute Gasteiger partial charge is 0.258 e. The Morgan fingerprint density at radius 3 is 1.12 bits per heavy atom. The van der Waals surface area contributed by atoms with Gasteiger partial charge in [-0.1, -0.05) is 47.9 Å². The molecular formula is C12H21NP2S2. The maximum absolute atomic E-state index is 5.73. The van der Waals surface area contributed by atoms with E-state index in [9.17, 15) is 0 Å². The van der Waals surface area contributed by atoms with Crippen LogP contribution < -0.4 is 4.86 Å². The molecule has 0 atom stereocenters. The highest BCUT2D eigenvalue weighted by Crippen LogP contribution is 2.55. The lowest BCUT2D eigenvalue weighted by atomic mass is 10.8. The van der Waals surface area contributed by atoms with Crippen LogP contribution in [0.15, 0.2) is 50.6 Å². The second-order valence-electron chi connectivity index (χ2n) is 3.76. The van der Waals surface area contributed by atoms with Gasteiger partial charge in [-0.15, -0.1) is 26.3 Å². The quantitative estimate of drug-likeness (QED) is 0.482. The van der Waals surface area contributed by atoms with E-state index in [0.29, 0.717) is 0 Å². The molecule has 5 heteroatoms. The highest BCUT2D eigenvalue weighted by atomic mass is 32.5. The molecule has 0 spiro atoms. The molecule has 0 aliphatic carbocycles. The fourth-order valence-electron chi connectivity index (χ4n) is 1.48. The monoisotopic (exact) mass is 305 g/mol. The van der Waals surface area contributed by atoms with Crippen molar-refractivity contribution >= 4 is 36.0 Å². The summed E-state index contributed by atoms with van der Waals surface area (Å²) in [4.78, 5) is 3.58. The van der Waals surface area contributed by atoms with Crippen LogP contribution in [0.25, 0.3) is 0 Å². The van der Waals surface area contributed by atoms with Crippen LogP contribution in [0.3, 0.4) is 0 Å².